The van der Waals surface area contributed by atoms with Crippen LogP contribution in [0.15, 0.2) is 35.3 Å². The van der Waals surface area contributed by atoms with E-state index in [1.165, 1.54) is 5.57 Å². The zero-order chi connectivity index (χ0) is 7.68. The molecule has 0 unspecified atom stereocenters. The zero-order valence-electron chi connectivity index (χ0n) is 6.46. The number of hydrogen-bond acceptors (Lipinski definition) is 2. The molecule has 2 aliphatic rings. The first-order valence-corrected chi connectivity index (χ1v) is 3.68. The molecule has 0 radical (unpaired) electrons. The van der Waals surface area contributed by atoms with Gasteiger partial charge in [-0.15, -0.1) is 0 Å². The van der Waals surface area contributed by atoms with Gasteiger partial charge in [-0.3, -0.25) is 0 Å². The van der Waals surface area contributed by atoms with Crippen molar-refractivity contribution in [2.24, 2.45) is 0 Å². The van der Waals surface area contributed by atoms with Gasteiger partial charge in [0.05, 0.1) is 6.42 Å². The third kappa shape index (κ3) is 1.29. The van der Waals surface area contributed by atoms with E-state index in [2.05, 4.69) is 0 Å². The molecule has 0 N–H and O–H groups in total. The second-order valence-corrected chi connectivity index (χ2v) is 2.74. The van der Waals surface area contributed by atoms with E-state index in [1.54, 1.807) is 0 Å². The second-order valence-electron chi connectivity index (χ2n) is 2.74. The van der Waals surface area contributed by atoms with E-state index in [1.807, 2.05) is 25.2 Å². The first kappa shape index (κ1) is 6.53. The van der Waals surface area contributed by atoms with Crippen LogP contribution < -0.4 is 0 Å². The highest BCUT2D eigenvalue weighted by Gasteiger charge is 2.13. The van der Waals surface area contributed by atoms with E-state index in [4.69, 9.17) is 9.47 Å². The summed E-state index contributed by atoms with van der Waals surface area (Å²) in [6.07, 6.45) is 6.89. The highest BCUT2D eigenvalue weighted by atomic mass is 16.7. The van der Waals surface area contributed by atoms with Crippen LogP contribution in [0, 0.1) is 0 Å². The summed E-state index contributed by atoms with van der Waals surface area (Å²) in [5, 5.41) is 0. The molecule has 0 aromatic heterocycles. The van der Waals surface area contributed by atoms with Crippen molar-refractivity contribution >= 4 is 0 Å². The fourth-order valence-corrected chi connectivity index (χ4v) is 1.18. The van der Waals surface area contributed by atoms with Gasteiger partial charge in [-0.05, 0) is 24.6 Å². The quantitative estimate of drug-likeness (QED) is 0.526. The van der Waals surface area contributed by atoms with Gasteiger partial charge in [-0.1, -0.05) is 6.08 Å². The van der Waals surface area contributed by atoms with E-state index in [0.717, 1.165) is 17.9 Å². The van der Waals surface area contributed by atoms with E-state index in [9.17, 15) is 0 Å². The normalized spacial score (nSPS) is 21.7. The maximum atomic E-state index is 5.26. The summed E-state index contributed by atoms with van der Waals surface area (Å²) in [6, 6.07) is 0. The Labute approximate surface area is 65.8 Å². The van der Waals surface area contributed by atoms with Crippen LogP contribution in [0.3, 0.4) is 0 Å². The Hall–Kier alpha value is -1.18. The molecule has 2 bridgehead atoms. The van der Waals surface area contributed by atoms with Crippen molar-refractivity contribution in [1.29, 1.82) is 0 Å². The summed E-state index contributed by atoms with van der Waals surface area (Å²) in [5.74, 6) is 2.01. The van der Waals surface area contributed by atoms with Crippen LogP contribution >= 0.6 is 0 Å². The molecule has 0 aromatic carbocycles. The maximum absolute atomic E-state index is 5.26. The first-order chi connectivity index (χ1) is 5.34. The fraction of sp³-hybridized carbons (Fsp3) is 0.333. The molecule has 0 atom stereocenters. The summed E-state index contributed by atoms with van der Waals surface area (Å²) in [7, 11) is 0. The molecule has 2 heteroatoms. The van der Waals surface area contributed by atoms with Gasteiger partial charge >= 0.3 is 0 Å². The van der Waals surface area contributed by atoms with Crippen LogP contribution in [-0.2, 0) is 9.47 Å². The van der Waals surface area contributed by atoms with E-state index in [0.29, 0.717) is 6.79 Å². The average molecular weight is 150 g/mol. The van der Waals surface area contributed by atoms with Gasteiger partial charge in [0.15, 0.2) is 0 Å². The molecule has 0 spiro atoms. The van der Waals surface area contributed by atoms with Crippen LogP contribution in [0.4, 0.5) is 0 Å². The van der Waals surface area contributed by atoms with Crippen LogP contribution in [-0.4, -0.2) is 6.79 Å². The molecule has 0 amide bonds. The Balaban J connectivity index is 2.35. The second kappa shape index (κ2) is 2.46. The van der Waals surface area contributed by atoms with Gasteiger partial charge in [0.1, 0.15) is 11.5 Å². The predicted molar refractivity (Wildman–Crippen MR) is 41.6 cm³/mol. The van der Waals surface area contributed by atoms with E-state index in [-0.39, 0.29) is 0 Å². The highest BCUT2D eigenvalue weighted by Crippen LogP contribution is 2.23. The lowest BCUT2D eigenvalue weighted by atomic mass is 10.2. The number of rotatable bonds is 0. The average Bonchev–Trinajstić information content (AvgIpc) is 2.12. The van der Waals surface area contributed by atoms with Crippen molar-refractivity contribution in [3.05, 3.63) is 35.3 Å². The van der Waals surface area contributed by atoms with E-state index >= 15 is 0 Å². The number of allylic oxidation sites excluding steroid dienone is 4. The van der Waals surface area contributed by atoms with Gasteiger partial charge in [0.2, 0.25) is 6.79 Å². The third-order valence-electron chi connectivity index (χ3n) is 1.76. The molecule has 0 saturated carbocycles. The molecular formula is C9H10O2. The SMILES string of the molecule is CC1=CC=C2CC(=C1)OCO2. The van der Waals surface area contributed by atoms with Crippen molar-refractivity contribution in [2.45, 2.75) is 13.3 Å². The van der Waals surface area contributed by atoms with Crippen molar-refractivity contribution in [2.75, 3.05) is 6.79 Å². The molecule has 1 fully saturated rings. The van der Waals surface area contributed by atoms with Crippen molar-refractivity contribution in [1.82, 2.24) is 0 Å². The molecule has 2 rings (SSSR count). The van der Waals surface area contributed by atoms with Crippen LogP contribution in [0.1, 0.15) is 13.3 Å². The monoisotopic (exact) mass is 150 g/mol. The van der Waals surface area contributed by atoms with Crippen LogP contribution in [0.2, 0.25) is 0 Å². The molecule has 1 aliphatic heterocycles. The van der Waals surface area contributed by atoms with Crippen molar-refractivity contribution in [3.63, 3.8) is 0 Å². The number of ether oxygens (including phenoxy) is 2. The Morgan fingerprint density at radius 1 is 1.18 bits per heavy atom. The van der Waals surface area contributed by atoms with Gasteiger partial charge < -0.3 is 9.47 Å². The number of fused-ring (bicyclic) bond motifs is 2. The zero-order valence-corrected chi connectivity index (χ0v) is 6.46. The minimum Gasteiger partial charge on any atom is -0.461 e. The lowest BCUT2D eigenvalue weighted by Crippen LogP contribution is -2.08. The predicted octanol–water partition coefficient (Wildman–Crippen LogP) is 2.11. The maximum Gasteiger partial charge on any atom is 0.229 e. The summed E-state index contributed by atoms with van der Waals surface area (Å²) in [4.78, 5) is 0. The van der Waals surface area contributed by atoms with Gasteiger partial charge in [0, 0.05) is 0 Å². The molecule has 1 heterocycles. The molecule has 58 valence electrons. The third-order valence-corrected chi connectivity index (χ3v) is 1.76. The molecule has 1 saturated heterocycles. The summed E-state index contributed by atoms with van der Waals surface area (Å²) >= 11 is 0. The lowest BCUT2D eigenvalue weighted by molar-refractivity contribution is -0.0208. The van der Waals surface area contributed by atoms with Gasteiger partial charge in [0.25, 0.3) is 0 Å². The summed E-state index contributed by atoms with van der Waals surface area (Å²) in [6.45, 7) is 2.41. The Kier molecular flexibility index (Phi) is 1.46. The topological polar surface area (TPSA) is 18.5 Å². The van der Waals surface area contributed by atoms with Crippen LogP contribution in [0.5, 0.6) is 0 Å². The first-order valence-electron chi connectivity index (χ1n) is 3.68. The van der Waals surface area contributed by atoms with E-state index < -0.39 is 0 Å². The van der Waals surface area contributed by atoms with Crippen LogP contribution in [0.25, 0.3) is 0 Å². The Morgan fingerprint density at radius 3 is 2.91 bits per heavy atom. The largest absolute Gasteiger partial charge is 0.461 e. The Morgan fingerprint density at radius 2 is 2.00 bits per heavy atom. The van der Waals surface area contributed by atoms with Gasteiger partial charge in [-0.2, -0.15) is 0 Å². The van der Waals surface area contributed by atoms with Gasteiger partial charge in [-0.25, -0.2) is 0 Å². The minimum absolute atomic E-state index is 0.360. The van der Waals surface area contributed by atoms with Crippen molar-refractivity contribution in [3.8, 4) is 0 Å². The molecule has 0 aromatic rings. The number of hydrogen-bond donors (Lipinski definition) is 0. The fourth-order valence-electron chi connectivity index (χ4n) is 1.18. The van der Waals surface area contributed by atoms with Crippen molar-refractivity contribution < 1.29 is 9.47 Å². The Bertz CT molecular complexity index is 259. The highest BCUT2D eigenvalue weighted by molar-refractivity contribution is 5.30. The molecule has 2 nitrogen and oxygen atoms in total. The summed E-state index contributed by atoms with van der Waals surface area (Å²) < 4.78 is 10.5. The lowest BCUT2D eigenvalue weighted by Gasteiger charge is -2.18. The standard InChI is InChI=1S/C9H10O2/c1-7-2-3-8-5-9(4-7)11-6-10-8/h2-4H,5-6H2,1H3. The molecule has 1 aliphatic carbocycles. The smallest absolute Gasteiger partial charge is 0.229 e. The molecule has 11 heavy (non-hydrogen) atoms. The summed E-state index contributed by atoms with van der Waals surface area (Å²) in [5.41, 5.74) is 1.21. The molecular weight excluding hydrogens is 140 g/mol. The minimum atomic E-state index is 0.360.